The SMILES string of the molecule is CC(C)(C)OC(=O)N1CC[C@]2(C[C@@H](NCc3ccccc3)c3ccccc3O2)C1. The molecule has 4 rings (SSSR count). The monoisotopic (exact) mass is 394 g/mol. The number of ether oxygens (including phenoxy) is 2. The van der Waals surface area contributed by atoms with E-state index in [0.29, 0.717) is 13.1 Å². The molecule has 5 nitrogen and oxygen atoms in total. The predicted octanol–water partition coefficient (Wildman–Crippen LogP) is 4.68. The van der Waals surface area contributed by atoms with E-state index in [-0.39, 0.29) is 17.7 Å². The Bertz CT molecular complexity index is 862. The van der Waals surface area contributed by atoms with Crippen LogP contribution in [0.4, 0.5) is 4.79 Å². The summed E-state index contributed by atoms with van der Waals surface area (Å²) >= 11 is 0. The number of carbonyl (C=O) groups is 1. The summed E-state index contributed by atoms with van der Waals surface area (Å²) in [7, 11) is 0. The minimum atomic E-state index is -0.493. The predicted molar refractivity (Wildman–Crippen MR) is 113 cm³/mol. The Morgan fingerprint density at radius 2 is 1.90 bits per heavy atom. The Kier molecular flexibility index (Phi) is 5.26. The summed E-state index contributed by atoms with van der Waals surface area (Å²) in [5.41, 5.74) is 1.57. The molecule has 0 bridgehead atoms. The molecule has 2 heterocycles. The summed E-state index contributed by atoms with van der Waals surface area (Å²) in [5, 5.41) is 3.71. The summed E-state index contributed by atoms with van der Waals surface area (Å²) in [6, 6.07) is 18.8. The minimum Gasteiger partial charge on any atom is -0.485 e. The molecule has 0 unspecified atom stereocenters. The van der Waals surface area contributed by atoms with E-state index in [2.05, 4.69) is 41.7 Å². The second kappa shape index (κ2) is 7.71. The van der Waals surface area contributed by atoms with Gasteiger partial charge in [0.1, 0.15) is 17.0 Å². The molecule has 2 aliphatic heterocycles. The van der Waals surface area contributed by atoms with E-state index < -0.39 is 5.60 Å². The van der Waals surface area contributed by atoms with E-state index in [0.717, 1.165) is 25.1 Å². The van der Waals surface area contributed by atoms with Crippen molar-refractivity contribution < 1.29 is 14.3 Å². The Balaban J connectivity index is 1.50. The molecule has 1 N–H and O–H groups in total. The van der Waals surface area contributed by atoms with Crippen LogP contribution in [-0.4, -0.2) is 35.3 Å². The molecule has 0 aromatic heterocycles. The van der Waals surface area contributed by atoms with Crippen molar-refractivity contribution in [2.75, 3.05) is 13.1 Å². The topological polar surface area (TPSA) is 50.8 Å². The highest BCUT2D eigenvalue weighted by Crippen LogP contribution is 2.44. The van der Waals surface area contributed by atoms with Gasteiger partial charge in [-0.1, -0.05) is 48.5 Å². The molecule has 29 heavy (non-hydrogen) atoms. The third-order valence-corrected chi connectivity index (χ3v) is 5.56. The van der Waals surface area contributed by atoms with E-state index in [1.807, 2.05) is 39.0 Å². The molecule has 154 valence electrons. The maximum absolute atomic E-state index is 12.6. The van der Waals surface area contributed by atoms with Crippen LogP contribution < -0.4 is 10.1 Å². The molecule has 1 fully saturated rings. The number of amides is 1. The van der Waals surface area contributed by atoms with Gasteiger partial charge in [0, 0.05) is 37.5 Å². The van der Waals surface area contributed by atoms with Crippen LogP contribution in [0.25, 0.3) is 0 Å². The van der Waals surface area contributed by atoms with Crippen molar-refractivity contribution in [1.29, 1.82) is 0 Å². The van der Waals surface area contributed by atoms with Gasteiger partial charge in [0.15, 0.2) is 0 Å². The van der Waals surface area contributed by atoms with Gasteiger partial charge in [0.25, 0.3) is 0 Å². The number of likely N-dealkylation sites (tertiary alicyclic amines) is 1. The zero-order valence-electron chi connectivity index (χ0n) is 17.5. The van der Waals surface area contributed by atoms with Crippen LogP contribution in [0, 0.1) is 0 Å². The molecule has 2 atom stereocenters. The van der Waals surface area contributed by atoms with Crippen LogP contribution in [0.5, 0.6) is 5.75 Å². The first-order valence-electron chi connectivity index (χ1n) is 10.4. The largest absolute Gasteiger partial charge is 0.485 e. The highest BCUT2D eigenvalue weighted by Gasteiger charge is 2.47. The molecular formula is C24H30N2O3. The smallest absolute Gasteiger partial charge is 0.410 e. The summed E-state index contributed by atoms with van der Waals surface area (Å²) < 4.78 is 12.1. The zero-order valence-corrected chi connectivity index (χ0v) is 17.5. The zero-order chi connectivity index (χ0) is 20.5. The lowest BCUT2D eigenvalue weighted by Crippen LogP contribution is -2.47. The van der Waals surface area contributed by atoms with Gasteiger partial charge in [-0.05, 0) is 32.4 Å². The number of nitrogens with one attached hydrogen (secondary N) is 1. The van der Waals surface area contributed by atoms with Gasteiger partial charge in [0.2, 0.25) is 0 Å². The van der Waals surface area contributed by atoms with Gasteiger partial charge in [-0.15, -0.1) is 0 Å². The van der Waals surface area contributed by atoms with Crippen LogP contribution in [0.1, 0.15) is 50.8 Å². The molecule has 5 heteroatoms. The van der Waals surface area contributed by atoms with Crippen molar-refractivity contribution in [3.8, 4) is 5.75 Å². The van der Waals surface area contributed by atoms with Gasteiger partial charge in [-0.3, -0.25) is 0 Å². The lowest BCUT2D eigenvalue weighted by Gasteiger charge is -2.40. The van der Waals surface area contributed by atoms with Crippen LogP contribution in [-0.2, 0) is 11.3 Å². The van der Waals surface area contributed by atoms with Crippen LogP contribution in [0.3, 0.4) is 0 Å². The maximum atomic E-state index is 12.6. The number of nitrogens with zero attached hydrogens (tertiary/aromatic N) is 1. The third kappa shape index (κ3) is 4.56. The number of carbonyl (C=O) groups excluding carboxylic acids is 1. The molecular weight excluding hydrogens is 364 g/mol. The Morgan fingerprint density at radius 3 is 2.66 bits per heavy atom. The number of benzene rings is 2. The molecule has 0 aliphatic carbocycles. The summed E-state index contributed by atoms with van der Waals surface area (Å²) in [6.45, 7) is 7.70. The molecule has 2 aromatic rings. The number of hydrogen-bond donors (Lipinski definition) is 1. The highest BCUT2D eigenvalue weighted by atomic mass is 16.6. The van der Waals surface area contributed by atoms with Crippen molar-refractivity contribution in [3.63, 3.8) is 0 Å². The van der Waals surface area contributed by atoms with E-state index in [4.69, 9.17) is 9.47 Å². The normalized spacial score (nSPS) is 23.6. The minimum absolute atomic E-state index is 0.179. The molecule has 1 amide bonds. The molecule has 1 spiro atoms. The first kappa shape index (κ1) is 19.8. The molecule has 2 aromatic carbocycles. The van der Waals surface area contributed by atoms with Crippen LogP contribution in [0.15, 0.2) is 54.6 Å². The fourth-order valence-electron chi connectivity index (χ4n) is 4.21. The number of fused-ring (bicyclic) bond motifs is 1. The van der Waals surface area contributed by atoms with Gasteiger partial charge >= 0.3 is 6.09 Å². The Morgan fingerprint density at radius 1 is 1.17 bits per heavy atom. The van der Waals surface area contributed by atoms with Gasteiger partial charge in [-0.25, -0.2) is 4.79 Å². The third-order valence-electron chi connectivity index (χ3n) is 5.56. The van der Waals surface area contributed by atoms with E-state index >= 15 is 0 Å². The fourth-order valence-corrected chi connectivity index (χ4v) is 4.21. The summed E-state index contributed by atoms with van der Waals surface area (Å²) in [4.78, 5) is 14.3. The van der Waals surface area contributed by atoms with Gasteiger partial charge in [0.05, 0.1) is 6.54 Å². The molecule has 1 saturated heterocycles. The molecule has 0 saturated carbocycles. The van der Waals surface area contributed by atoms with Crippen molar-refractivity contribution >= 4 is 6.09 Å². The first-order valence-corrected chi connectivity index (χ1v) is 10.4. The van der Waals surface area contributed by atoms with E-state index in [1.54, 1.807) is 4.90 Å². The lowest BCUT2D eigenvalue weighted by atomic mass is 9.86. The molecule has 2 aliphatic rings. The Labute approximate surface area is 173 Å². The fraction of sp³-hybridized carbons (Fsp3) is 0.458. The highest BCUT2D eigenvalue weighted by molar-refractivity contribution is 5.68. The average molecular weight is 395 g/mol. The average Bonchev–Trinajstić information content (AvgIpc) is 3.09. The van der Waals surface area contributed by atoms with Crippen molar-refractivity contribution in [2.45, 2.75) is 57.4 Å². The standard InChI is InChI=1S/C24H30N2O3/c1-23(2,3)29-22(27)26-14-13-24(17-26)15-20(19-11-7-8-12-21(19)28-24)25-16-18-9-5-4-6-10-18/h4-12,20,25H,13-17H2,1-3H3/t20-,24+/m1/s1. The molecule has 0 radical (unpaired) electrons. The quantitative estimate of drug-likeness (QED) is 0.821. The van der Waals surface area contributed by atoms with E-state index in [9.17, 15) is 4.79 Å². The maximum Gasteiger partial charge on any atom is 0.410 e. The summed E-state index contributed by atoms with van der Waals surface area (Å²) in [5.74, 6) is 0.912. The van der Waals surface area contributed by atoms with Gasteiger partial charge in [-0.2, -0.15) is 0 Å². The number of rotatable bonds is 3. The second-order valence-corrected chi connectivity index (χ2v) is 9.10. The summed E-state index contributed by atoms with van der Waals surface area (Å²) in [6.07, 6.45) is 1.38. The van der Waals surface area contributed by atoms with Crippen molar-refractivity contribution in [2.24, 2.45) is 0 Å². The second-order valence-electron chi connectivity index (χ2n) is 9.10. The van der Waals surface area contributed by atoms with Crippen molar-refractivity contribution in [3.05, 3.63) is 65.7 Å². The number of hydrogen-bond acceptors (Lipinski definition) is 4. The van der Waals surface area contributed by atoms with Crippen LogP contribution in [0.2, 0.25) is 0 Å². The Hall–Kier alpha value is -2.53. The van der Waals surface area contributed by atoms with E-state index in [1.165, 1.54) is 11.1 Å². The van der Waals surface area contributed by atoms with Crippen LogP contribution >= 0.6 is 0 Å². The van der Waals surface area contributed by atoms with Gasteiger partial charge < -0.3 is 19.7 Å². The lowest BCUT2D eigenvalue weighted by molar-refractivity contribution is 0.0126. The first-order chi connectivity index (χ1) is 13.8. The number of para-hydroxylation sites is 1. The van der Waals surface area contributed by atoms with Crippen molar-refractivity contribution in [1.82, 2.24) is 10.2 Å².